The van der Waals surface area contributed by atoms with E-state index in [0.717, 1.165) is 0 Å². The predicted octanol–water partition coefficient (Wildman–Crippen LogP) is -25.1. The van der Waals surface area contributed by atoms with Crippen molar-refractivity contribution in [2.75, 3.05) is 0 Å². The van der Waals surface area contributed by atoms with Crippen molar-refractivity contribution in [3.63, 3.8) is 0 Å². The standard InChI is InChI=1S/C6H6O11S3.4ClH.K.3Na/c7-4-2(18(9,10)11)1-3(19(12,13)14)6(5(4)8)20(15,16)17;;;;;;;;/h1,7-8H,(H,9,10,11)(H,12,13,14)(H,15,16,17);4*1H;;;;/q;;;;;4*+1/p-4. The summed E-state index contributed by atoms with van der Waals surface area (Å²) in [6, 6.07) is -0.150. The number of phenols is 2. The molecule has 28 heavy (non-hydrogen) atoms. The number of phenolic OH excluding ortho intramolecular Hbond substituents is 2. The maximum absolute atomic E-state index is 11.0. The summed E-state index contributed by atoms with van der Waals surface area (Å²) in [6.07, 6.45) is 0. The van der Waals surface area contributed by atoms with Crippen LogP contribution in [0, 0.1) is 0 Å². The fraction of sp³-hybridized carbons (Fsp3) is 0. The summed E-state index contributed by atoms with van der Waals surface area (Å²) in [6.45, 7) is 0. The Morgan fingerprint density at radius 3 is 1.07 bits per heavy atom. The van der Waals surface area contributed by atoms with Gasteiger partial charge in [-0.3, -0.25) is 13.7 Å². The van der Waals surface area contributed by atoms with E-state index in [1.54, 1.807) is 0 Å². The van der Waals surface area contributed by atoms with Crippen molar-refractivity contribution in [3.8, 4) is 11.5 Å². The SMILES string of the molecule is O=S(=O)(O)c1cc(S(=O)(=O)O)c(S(=O)(=O)O)c(O)c1O.[Cl-].[Cl-].[Cl-].[Cl-].[K+].[Na+].[Na+].[Na+]. The van der Waals surface area contributed by atoms with Gasteiger partial charge in [0, 0.05) is 0 Å². The van der Waals surface area contributed by atoms with Crippen LogP contribution in [0.3, 0.4) is 0 Å². The molecule has 1 aromatic carbocycles. The second kappa shape index (κ2) is 19.6. The van der Waals surface area contributed by atoms with Crippen LogP contribution >= 0.6 is 0 Å². The smallest absolute Gasteiger partial charge is 1.00 e. The van der Waals surface area contributed by atoms with Gasteiger partial charge in [-0.2, -0.15) is 25.3 Å². The Labute approximate surface area is 295 Å². The molecule has 0 bridgehead atoms. The van der Waals surface area contributed by atoms with Crippen LogP contribution in [-0.4, -0.2) is 49.1 Å². The van der Waals surface area contributed by atoms with Crippen LogP contribution in [0.2, 0.25) is 0 Å². The summed E-state index contributed by atoms with van der Waals surface area (Å²) in [4.78, 5) is -5.18. The summed E-state index contributed by atoms with van der Waals surface area (Å²) < 4.78 is 91.7. The van der Waals surface area contributed by atoms with Gasteiger partial charge in [-0.15, -0.1) is 0 Å². The molecule has 5 N–H and O–H groups in total. The number of benzene rings is 1. The number of hydrogen-bond acceptors (Lipinski definition) is 8. The Morgan fingerprint density at radius 1 is 0.571 bits per heavy atom. The van der Waals surface area contributed by atoms with Crippen molar-refractivity contribution >= 4 is 30.4 Å². The summed E-state index contributed by atoms with van der Waals surface area (Å²) >= 11 is 0. The number of aromatic hydroxyl groups is 2. The Balaban J connectivity index is -0.0000000833. The molecule has 0 spiro atoms. The molecule has 22 heteroatoms. The van der Waals surface area contributed by atoms with Crippen LogP contribution in [-0.2, 0) is 30.4 Å². The van der Waals surface area contributed by atoms with Crippen molar-refractivity contribution in [1.29, 1.82) is 0 Å². The molecule has 0 aliphatic heterocycles. The average molecular weight is 600 g/mol. The van der Waals surface area contributed by atoms with E-state index in [0.29, 0.717) is 0 Å². The van der Waals surface area contributed by atoms with Crippen LogP contribution < -0.4 is 190 Å². The molecule has 1 rings (SSSR count). The Morgan fingerprint density at radius 2 is 0.857 bits per heavy atom. The molecule has 0 atom stereocenters. The van der Waals surface area contributed by atoms with E-state index in [1.165, 1.54) is 0 Å². The molecule has 1 aromatic rings. The Hall–Kier alpha value is 4.35. The first-order valence-corrected chi connectivity index (χ1v) is 8.50. The molecule has 11 nitrogen and oxygen atoms in total. The molecule has 146 valence electrons. The number of rotatable bonds is 3. The molecular formula is C6H6Cl4KNa3O11S3. The third kappa shape index (κ3) is 14.6. The average Bonchev–Trinajstić information content (AvgIpc) is 2.15. The molecule has 0 aromatic heterocycles. The predicted molar refractivity (Wildman–Crippen MR) is 59.2 cm³/mol. The van der Waals surface area contributed by atoms with Crippen LogP contribution in [0.25, 0.3) is 0 Å². The summed E-state index contributed by atoms with van der Waals surface area (Å²) in [5.41, 5.74) is 0. The van der Waals surface area contributed by atoms with Gasteiger partial charge in [0.25, 0.3) is 30.4 Å². The molecule has 0 unspecified atom stereocenters. The van der Waals surface area contributed by atoms with Crippen molar-refractivity contribution in [2.45, 2.75) is 14.7 Å². The third-order valence-electron chi connectivity index (χ3n) is 1.97. The molecule has 0 radical (unpaired) electrons. The van der Waals surface area contributed by atoms with Gasteiger partial charge in [0.1, 0.15) is 9.79 Å². The quantitative estimate of drug-likeness (QED) is 0.125. The van der Waals surface area contributed by atoms with Crippen LogP contribution in [0.15, 0.2) is 20.8 Å². The van der Waals surface area contributed by atoms with E-state index >= 15 is 0 Å². The van der Waals surface area contributed by atoms with Crippen molar-refractivity contribution < 1.29 is 239 Å². The van der Waals surface area contributed by atoms with E-state index in [-0.39, 0.29) is 196 Å². The second-order valence-electron chi connectivity index (χ2n) is 3.32. The van der Waals surface area contributed by atoms with Gasteiger partial charge in [0.05, 0.1) is 0 Å². The molecule has 0 aliphatic carbocycles. The van der Waals surface area contributed by atoms with Crippen LogP contribution in [0.4, 0.5) is 0 Å². The molecule has 0 fully saturated rings. The number of halogens is 4. The first kappa shape index (κ1) is 53.6. The van der Waals surface area contributed by atoms with Crippen LogP contribution in [0.5, 0.6) is 11.5 Å². The third-order valence-corrected chi connectivity index (χ3v) is 4.78. The van der Waals surface area contributed by atoms with E-state index < -0.39 is 56.5 Å². The van der Waals surface area contributed by atoms with Crippen molar-refractivity contribution in [3.05, 3.63) is 6.07 Å². The maximum atomic E-state index is 11.0. The normalized spacial score (nSPS) is 9.54. The van der Waals surface area contributed by atoms with Gasteiger partial charge in [-0.25, -0.2) is 0 Å². The zero-order valence-corrected chi connectivity index (χ0v) is 29.1. The first-order valence-electron chi connectivity index (χ1n) is 4.18. The van der Waals surface area contributed by atoms with Gasteiger partial charge in [-0.1, -0.05) is 0 Å². The topological polar surface area (TPSA) is 204 Å². The minimum Gasteiger partial charge on any atom is -1.00 e. The maximum Gasteiger partial charge on any atom is 1.00 e. The number of hydrogen-bond donors (Lipinski definition) is 5. The largest absolute Gasteiger partial charge is 1.00 e. The van der Waals surface area contributed by atoms with E-state index in [9.17, 15) is 35.5 Å². The van der Waals surface area contributed by atoms with Gasteiger partial charge < -0.3 is 59.8 Å². The summed E-state index contributed by atoms with van der Waals surface area (Å²) in [5, 5.41) is 18.5. The molecule has 0 amide bonds. The van der Waals surface area contributed by atoms with Crippen molar-refractivity contribution in [1.82, 2.24) is 0 Å². The first-order chi connectivity index (χ1) is 8.67. The Kier molecular flexibility index (Phi) is 37.6. The van der Waals surface area contributed by atoms with E-state index in [2.05, 4.69) is 0 Å². The van der Waals surface area contributed by atoms with Crippen LogP contribution in [0.1, 0.15) is 0 Å². The minimum atomic E-state index is -5.46. The Bertz CT molecular complexity index is 910. The molecule has 0 heterocycles. The minimum absolute atomic E-state index is 0. The zero-order valence-electron chi connectivity index (χ0n) is 14.5. The van der Waals surface area contributed by atoms with Gasteiger partial charge in [-0.05, 0) is 6.07 Å². The van der Waals surface area contributed by atoms with E-state index in [4.69, 9.17) is 13.7 Å². The molecule has 0 aliphatic rings. The van der Waals surface area contributed by atoms with Gasteiger partial charge >= 0.3 is 140 Å². The molecule has 0 saturated carbocycles. The monoisotopic (exact) mass is 598 g/mol. The van der Waals surface area contributed by atoms with Crippen molar-refractivity contribution in [2.24, 2.45) is 0 Å². The summed E-state index contributed by atoms with van der Waals surface area (Å²) in [7, 11) is -16.1. The summed E-state index contributed by atoms with van der Waals surface area (Å²) in [5.74, 6) is -3.61. The fourth-order valence-corrected chi connectivity index (χ4v) is 3.80. The fourth-order valence-electron chi connectivity index (χ4n) is 1.23. The zero-order chi connectivity index (χ0) is 16.1. The second-order valence-corrected chi connectivity index (χ2v) is 7.46. The molecular weight excluding hydrogens is 594 g/mol. The van der Waals surface area contributed by atoms with E-state index in [1.807, 2.05) is 0 Å². The molecule has 0 saturated heterocycles. The van der Waals surface area contributed by atoms with Gasteiger partial charge in [0.15, 0.2) is 16.4 Å². The van der Waals surface area contributed by atoms with Gasteiger partial charge in [0.2, 0.25) is 0 Å².